The van der Waals surface area contributed by atoms with E-state index in [2.05, 4.69) is 24.1 Å². The molecule has 0 saturated carbocycles. The fourth-order valence-electron chi connectivity index (χ4n) is 2.73. The van der Waals surface area contributed by atoms with Gasteiger partial charge in [-0.25, -0.2) is 0 Å². The molecule has 0 aromatic carbocycles. The molecule has 15 heavy (non-hydrogen) atoms. The summed E-state index contributed by atoms with van der Waals surface area (Å²) in [5, 5.41) is 3.48. The molecule has 0 aromatic rings. The molecule has 0 aromatic heterocycles. The Bertz CT molecular complexity index is 198. The molecule has 2 heterocycles. The summed E-state index contributed by atoms with van der Waals surface area (Å²) in [6.07, 6.45) is 3.97. The van der Waals surface area contributed by atoms with E-state index < -0.39 is 0 Å². The molecule has 2 rings (SSSR count). The van der Waals surface area contributed by atoms with Crippen molar-refractivity contribution in [1.82, 2.24) is 10.2 Å². The molecule has 2 aliphatic heterocycles. The van der Waals surface area contributed by atoms with Crippen LogP contribution in [0.15, 0.2) is 0 Å². The maximum Gasteiger partial charge on any atom is 0.0753 e. The van der Waals surface area contributed by atoms with Gasteiger partial charge in [-0.3, -0.25) is 4.90 Å². The van der Waals surface area contributed by atoms with Crippen LogP contribution in [0, 0.1) is 0 Å². The molecule has 0 aliphatic carbocycles. The second kappa shape index (κ2) is 4.81. The molecule has 3 nitrogen and oxygen atoms in total. The van der Waals surface area contributed by atoms with Crippen molar-refractivity contribution in [3.63, 3.8) is 0 Å². The Hall–Kier alpha value is -0.120. The predicted molar refractivity (Wildman–Crippen MR) is 62.1 cm³/mol. The number of hydrogen-bond acceptors (Lipinski definition) is 3. The molecular formula is C12H24N2O. The molecule has 0 amide bonds. The lowest BCUT2D eigenvalue weighted by atomic mass is 10.0. The molecule has 2 aliphatic rings. The summed E-state index contributed by atoms with van der Waals surface area (Å²) >= 11 is 0. The topological polar surface area (TPSA) is 24.5 Å². The highest BCUT2D eigenvalue weighted by Gasteiger charge is 2.31. The van der Waals surface area contributed by atoms with Gasteiger partial charge < -0.3 is 10.1 Å². The SMILES string of the molecule is CC1(C)CN(C2CCCNCC2)CCO1. The van der Waals surface area contributed by atoms with Crippen molar-refractivity contribution in [1.29, 1.82) is 0 Å². The summed E-state index contributed by atoms with van der Waals surface area (Å²) < 4.78 is 5.76. The quantitative estimate of drug-likeness (QED) is 0.708. The van der Waals surface area contributed by atoms with Gasteiger partial charge in [0.2, 0.25) is 0 Å². The highest BCUT2D eigenvalue weighted by Crippen LogP contribution is 2.22. The zero-order valence-corrected chi connectivity index (χ0v) is 10.1. The number of rotatable bonds is 1. The Kier molecular flexibility index (Phi) is 3.65. The van der Waals surface area contributed by atoms with E-state index in [-0.39, 0.29) is 5.60 Å². The van der Waals surface area contributed by atoms with E-state index in [1.54, 1.807) is 0 Å². The van der Waals surface area contributed by atoms with E-state index in [0.29, 0.717) is 0 Å². The lowest BCUT2D eigenvalue weighted by molar-refractivity contribution is -0.0980. The van der Waals surface area contributed by atoms with E-state index in [1.165, 1.54) is 32.4 Å². The lowest BCUT2D eigenvalue weighted by Crippen LogP contribution is -2.52. The molecule has 88 valence electrons. The zero-order valence-electron chi connectivity index (χ0n) is 10.1. The van der Waals surface area contributed by atoms with Crippen molar-refractivity contribution in [2.24, 2.45) is 0 Å². The van der Waals surface area contributed by atoms with Gasteiger partial charge in [0, 0.05) is 19.1 Å². The molecule has 2 saturated heterocycles. The minimum atomic E-state index is 0.0536. The molecular weight excluding hydrogens is 188 g/mol. The van der Waals surface area contributed by atoms with E-state index in [4.69, 9.17) is 4.74 Å². The first-order chi connectivity index (χ1) is 7.17. The van der Waals surface area contributed by atoms with Gasteiger partial charge >= 0.3 is 0 Å². The molecule has 0 radical (unpaired) electrons. The number of hydrogen-bond donors (Lipinski definition) is 1. The smallest absolute Gasteiger partial charge is 0.0753 e. The maximum atomic E-state index is 5.76. The van der Waals surface area contributed by atoms with Crippen LogP contribution in [0.2, 0.25) is 0 Å². The first kappa shape index (κ1) is 11.4. The van der Waals surface area contributed by atoms with Crippen LogP contribution in [0.4, 0.5) is 0 Å². The molecule has 2 fully saturated rings. The Balaban J connectivity index is 1.90. The summed E-state index contributed by atoms with van der Waals surface area (Å²) in [6.45, 7) is 9.90. The third kappa shape index (κ3) is 3.16. The largest absolute Gasteiger partial charge is 0.373 e. The van der Waals surface area contributed by atoms with E-state index in [9.17, 15) is 0 Å². The Morgan fingerprint density at radius 2 is 2.13 bits per heavy atom. The van der Waals surface area contributed by atoms with Gasteiger partial charge in [0.05, 0.1) is 12.2 Å². The van der Waals surface area contributed by atoms with Crippen molar-refractivity contribution in [2.75, 3.05) is 32.8 Å². The highest BCUT2D eigenvalue weighted by molar-refractivity contribution is 4.85. The van der Waals surface area contributed by atoms with Crippen LogP contribution in [0.3, 0.4) is 0 Å². The zero-order chi connectivity index (χ0) is 10.7. The van der Waals surface area contributed by atoms with Crippen LogP contribution in [-0.4, -0.2) is 49.3 Å². The minimum absolute atomic E-state index is 0.0536. The van der Waals surface area contributed by atoms with Crippen LogP contribution in [0.25, 0.3) is 0 Å². The van der Waals surface area contributed by atoms with Gasteiger partial charge in [0.15, 0.2) is 0 Å². The molecule has 0 bridgehead atoms. The van der Waals surface area contributed by atoms with Crippen LogP contribution in [0.1, 0.15) is 33.1 Å². The molecule has 1 atom stereocenters. The first-order valence-electron chi connectivity index (χ1n) is 6.26. The van der Waals surface area contributed by atoms with Gasteiger partial charge in [0.25, 0.3) is 0 Å². The summed E-state index contributed by atoms with van der Waals surface area (Å²) in [6, 6.07) is 0.781. The summed E-state index contributed by atoms with van der Waals surface area (Å²) in [4.78, 5) is 2.64. The van der Waals surface area contributed by atoms with Gasteiger partial charge in [-0.15, -0.1) is 0 Å². The van der Waals surface area contributed by atoms with Gasteiger partial charge in [-0.1, -0.05) is 0 Å². The number of morpholine rings is 1. The summed E-state index contributed by atoms with van der Waals surface area (Å²) in [5.74, 6) is 0. The predicted octanol–water partition coefficient (Wildman–Crippen LogP) is 1.24. The van der Waals surface area contributed by atoms with Crippen molar-refractivity contribution < 1.29 is 4.74 Å². The monoisotopic (exact) mass is 212 g/mol. The lowest BCUT2D eigenvalue weighted by Gasteiger charge is -2.42. The van der Waals surface area contributed by atoms with E-state index in [1.807, 2.05) is 0 Å². The number of nitrogens with zero attached hydrogens (tertiary/aromatic N) is 1. The van der Waals surface area contributed by atoms with Crippen LogP contribution >= 0.6 is 0 Å². The Morgan fingerprint density at radius 3 is 2.93 bits per heavy atom. The average molecular weight is 212 g/mol. The van der Waals surface area contributed by atoms with Gasteiger partial charge in [0.1, 0.15) is 0 Å². The average Bonchev–Trinajstić information content (AvgIpc) is 2.44. The summed E-state index contributed by atoms with van der Waals surface area (Å²) in [7, 11) is 0. The van der Waals surface area contributed by atoms with Crippen LogP contribution in [0.5, 0.6) is 0 Å². The first-order valence-corrected chi connectivity index (χ1v) is 6.26. The van der Waals surface area contributed by atoms with Crippen molar-refractivity contribution >= 4 is 0 Å². The Morgan fingerprint density at radius 1 is 1.27 bits per heavy atom. The third-order valence-corrected chi connectivity index (χ3v) is 3.52. The highest BCUT2D eigenvalue weighted by atomic mass is 16.5. The number of ether oxygens (including phenoxy) is 1. The second-order valence-corrected chi connectivity index (χ2v) is 5.41. The van der Waals surface area contributed by atoms with E-state index in [0.717, 1.165) is 25.7 Å². The normalized spacial score (nSPS) is 33.6. The molecule has 1 unspecified atom stereocenters. The van der Waals surface area contributed by atoms with Crippen molar-refractivity contribution in [3.05, 3.63) is 0 Å². The third-order valence-electron chi connectivity index (χ3n) is 3.52. The van der Waals surface area contributed by atoms with E-state index >= 15 is 0 Å². The maximum absolute atomic E-state index is 5.76. The van der Waals surface area contributed by atoms with Crippen LogP contribution < -0.4 is 5.32 Å². The standard InChI is InChI=1S/C12H24N2O/c1-12(2)10-14(8-9-15-12)11-4-3-6-13-7-5-11/h11,13H,3-10H2,1-2H3. The van der Waals surface area contributed by atoms with Crippen LogP contribution in [-0.2, 0) is 4.74 Å². The van der Waals surface area contributed by atoms with Gasteiger partial charge in [-0.05, 0) is 46.2 Å². The number of nitrogens with one attached hydrogen (secondary N) is 1. The van der Waals surface area contributed by atoms with Crippen molar-refractivity contribution in [2.45, 2.75) is 44.8 Å². The fourth-order valence-corrected chi connectivity index (χ4v) is 2.73. The minimum Gasteiger partial charge on any atom is -0.373 e. The fraction of sp³-hybridized carbons (Fsp3) is 1.00. The van der Waals surface area contributed by atoms with Gasteiger partial charge in [-0.2, -0.15) is 0 Å². The Labute approximate surface area is 93.2 Å². The molecule has 1 N–H and O–H groups in total. The molecule has 0 spiro atoms. The van der Waals surface area contributed by atoms with Crippen molar-refractivity contribution in [3.8, 4) is 0 Å². The molecule has 3 heteroatoms. The second-order valence-electron chi connectivity index (χ2n) is 5.41. The summed E-state index contributed by atoms with van der Waals surface area (Å²) in [5.41, 5.74) is 0.0536.